The van der Waals surface area contributed by atoms with Gasteiger partial charge in [-0.25, -0.2) is 4.79 Å². The third kappa shape index (κ3) is 18.5. The van der Waals surface area contributed by atoms with Gasteiger partial charge in [-0.1, -0.05) is 123 Å². The predicted molar refractivity (Wildman–Crippen MR) is 164 cm³/mol. The number of unbranched alkanes of at least 4 members (excludes halogenated alkanes) is 15. The predicted octanol–water partition coefficient (Wildman–Crippen LogP) is 6.93. The molecule has 0 spiro atoms. The van der Waals surface area contributed by atoms with Gasteiger partial charge in [-0.15, -0.1) is 0 Å². The maximum atomic E-state index is 12.8. The van der Waals surface area contributed by atoms with Gasteiger partial charge < -0.3 is 29.4 Å². The van der Waals surface area contributed by atoms with Gasteiger partial charge >= 0.3 is 6.16 Å². The van der Waals surface area contributed by atoms with Crippen LogP contribution in [0.2, 0.25) is 0 Å². The molecule has 0 saturated carbocycles. The Bertz CT molecular complexity index is 731. The average molecular weight is 598 g/mol. The van der Waals surface area contributed by atoms with E-state index < -0.39 is 36.6 Å². The largest absolute Gasteiger partial charge is 0.509 e. The van der Waals surface area contributed by atoms with Crippen LogP contribution in [-0.4, -0.2) is 67.3 Å². The van der Waals surface area contributed by atoms with Crippen LogP contribution in [0.5, 0.6) is 0 Å². The number of carbonyl (C=O) groups excluding carboxylic acids is 3. The summed E-state index contributed by atoms with van der Waals surface area (Å²) in [6.45, 7) is 8.17. The average Bonchev–Trinajstić information content (AvgIpc) is 2.97. The van der Waals surface area contributed by atoms with E-state index in [9.17, 15) is 19.5 Å². The van der Waals surface area contributed by atoms with Gasteiger partial charge in [0.05, 0.1) is 13.0 Å². The summed E-state index contributed by atoms with van der Waals surface area (Å²) < 4.78 is 21.8. The second-order valence-corrected chi connectivity index (χ2v) is 11.4. The zero-order valence-corrected chi connectivity index (χ0v) is 26.5. The number of Topliss-reactive ketones (excluding diaryl/α,β-unsaturated/α-hetero) is 1. The minimum absolute atomic E-state index is 0.0138. The van der Waals surface area contributed by atoms with Crippen molar-refractivity contribution in [3.05, 3.63) is 12.7 Å². The lowest BCUT2D eigenvalue weighted by molar-refractivity contribution is -0.226. The molecule has 9 heteroatoms. The summed E-state index contributed by atoms with van der Waals surface area (Å²) in [4.78, 5) is 37.3. The van der Waals surface area contributed by atoms with Gasteiger partial charge in [0, 0.05) is 13.0 Å². The maximum absolute atomic E-state index is 12.8. The van der Waals surface area contributed by atoms with Gasteiger partial charge in [0.25, 0.3) is 0 Å². The number of hydrogen-bond donors (Lipinski definition) is 2. The third-order valence-corrected chi connectivity index (χ3v) is 7.58. The Balaban J connectivity index is 2.55. The highest BCUT2D eigenvalue weighted by Gasteiger charge is 2.44. The van der Waals surface area contributed by atoms with Crippen molar-refractivity contribution in [2.45, 2.75) is 160 Å². The van der Waals surface area contributed by atoms with Crippen LogP contribution in [0.1, 0.15) is 136 Å². The molecular formula is C33H59NO8. The highest BCUT2D eigenvalue weighted by Crippen LogP contribution is 2.22. The summed E-state index contributed by atoms with van der Waals surface area (Å²) in [5, 5.41) is 13.3. The molecule has 0 aliphatic carbocycles. The molecule has 0 aromatic rings. The van der Waals surface area contributed by atoms with E-state index in [4.69, 9.17) is 18.9 Å². The molecule has 244 valence electrons. The normalized spacial score (nSPS) is 20.2. The van der Waals surface area contributed by atoms with Gasteiger partial charge in [-0.05, 0) is 12.8 Å². The summed E-state index contributed by atoms with van der Waals surface area (Å²) in [6.07, 6.45) is 16.9. The molecule has 1 aliphatic rings. The number of hydrogen-bond acceptors (Lipinski definition) is 8. The molecule has 4 atom stereocenters. The van der Waals surface area contributed by atoms with Crippen LogP contribution >= 0.6 is 0 Å². The number of carbonyl (C=O) groups is 3. The fraction of sp³-hybridized carbons (Fsp3) is 0.848. The summed E-state index contributed by atoms with van der Waals surface area (Å²) in [5.74, 6) is -0.655. The standard InChI is InChI=1S/C33H59NO8/c1-4-7-9-11-13-15-16-18-20-22-27(35)25-29(36)34-30-31(39-24-21-19-17-14-12-10-8-5-2)28(26-41-32(30)37)42-33(38)40-23-6-3/h6,28,30-32,37H,3-5,7-26H2,1-2H3,(H,34,36)/t28-,30-,31?,32?/m1/s1. The summed E-state index contributed by atoms with van der Waals surface area (Å²) in [6, 6.07) is -1.00. The van der Waals surface area contributed by atoms with Crippen LogP contribution in [0.3, 0.4) is 0 Å². The van der Waals surface area contributed by atoms with E-state index in [0.29, 0.717) is 13.0 Å². The number of nitrogens with one attached hydrogen (secondary N) is 1. The van der Waals surface area contributed by atoms with E-state index in [1.807, 2.05) is 0 Å². The molecule has 0 aromatic heterocycles. The van der Waals surface area contributed by atoms with E-state index in [1.54, 1.807) is 0 Å². The highest BCUT2D eigenvalue weighted by molar-refractivity contribution is 5.98. The van der Waals surface area contributed by atoms with Crippen LogP contribution in [0.15, 0.2) is 12.7 Å². The number of ether oxygens (including phenoxy) is 4. The second kappa shape index (κ2) is 25.5. The lowest BCUT2D eigenvalue weighted by Crippen LogP contribution is -2.62. The SMILES string of the molecule is C=CCOC(=O)O[C@@H]1COC(O)[C@H](NC(=O)CC(=O)CCCCCCCCCCC)C1OCCCCCCCCCC. The van der Waals surface area contributed by atoms with Crippen LogP contribution in [-0.2, 0) is 28.5 Å². The minimum Gasteiger partial charge on any atom is -0.430 e. The molecule has 1 saturated heterocycles. The van der Waals surface area contributed by atoms with Crippen molar-refractivity contribution in [1.29, 1.82) is 0 Å². The monoisotopic (exact) mass is 597 g/mol. The summed E-state index contributed by atoms with van der Waals surface area (Å²) >= 11 is 0. The molecule has 0 bridgehead atoms. The third-order valence-electron chi connectivity index (χ3n) is 7.58. The molecule has 2 N–H and O–H groups in total. The molecule has 0 radical (unpaired) electrons. The van der Waals surface area contributed by atoms with Crippen molar-refractivity contribution < 1.29 is 38.4 Å². The van der Waals surface area contributed by atoms with Crippen molar-refractivity contribution in [3.63, 3.8) is 0 Å². The van der Waals surface area contributed by atoms with Crippen LogP contribution in [0.4, 0.5) is 4.79 Å². The summed E-state index contributed by atoms with van der Waals surface area (Å²) in [5.41, 5.74) is 0. The zero-order valence-electron chi connectivity index (χ0n) is 26.5. The van der Waals surface area contributed by atoms with Crippen molar-refractivity contribution in [2.24, 2.45) is 0 Å². The van der Waals surface area contributed by atoms with Crippen LogP contribution in [0, 0.1) is 0 Å². The number of aliphatic hydroxyl groups excluding tert-OH is 1. The van der Waals surface area contributed by atoms with Crippen molar-refractivity contribution in [3.8, 4) is 0 Å². The number of amides is 1. The van der Waals surface area contributed by atoms with Crippen LogP contribution in [0.25, 0.3) is 0 Å². The lowest BCUT2D eigenvalue weighted by Gasteiger charge is -2.40. The number of ketones is 1. The Morgan fingerprint density at radius 3 is 1.98 bits per heavy atom. The Labute approximate surface area is 254 Å². The number of rotatable bonds is 26. The lowest BCUT2D eigenvalue weighted by atomic mass is 10.0. The first kappa shape index (κ1) is 38.1. The highest BCUT2D eigenvalue weighted by atomic mass is 16.7. The van der Waals surface area contributed by atoms with E-state index in [0.717, 1.165) is 38.5 Å². The first-order chi connectivity index (χ1) is 20.4. The molecule has 0 aromatic carbocycles. The summed E-state index contributed by atoms with van der Waals surface area (Å²) in [7, 11) is 0. The van der Waals surface area contributed by atoms with E-state index in [1.165, 1.54) is 76.7 Å². The Hall–Kier alpha value is -1.97. The van der Waals surface area contributed by atoms with E-state index >= 15 is 0 Å². The second-order valence-electron chi connectivity index (χ2n) is 11.4. The first-order valence-corrected chi connectivity index (χ1v) is 16.6. The van der Waals surface area contributed by atoms with Crippen LogP contribution < -0.4 is 5.32 Å². The number of aliphatic hydroxyl groups is 1. The van der Waals surface area contributed by atoms with Gasteiger partial charge in [-0.3, -0.25) is 9.59 Å². The van der Waals surface area contributed by atoms with E-state index in [-0.39, 0.29) is 25.4 Å². The maximum Gasteiger partial charge on any atom is 0.509 e. The first-order valence-electron chi connectivity index (χ1n) is 16.6. The molecule has 1 heterocycles. The van der Waals surface area contributed by atoms with Gasteiger partial charge in [0.15, 0.2) is 12.4 Å². The van der Waals surface area contributed by atoms with Gasteiger partial charge in [0.1, 0.15) is 24.5 Å². The molecule has 1 aliphatic heterocycles. The van der Waals surface area contributed by atoms with Gasteiger partial charge in [-0.2, -0.15) is 0 Å². The molecule has 9 nitrogen and oxygen atoms in total. The zero-order chi connectivity index (χ0) is 30.8. The molecule has 1 amide bonds. The quantitative estimate of drug-likeness (QED) is 0.0476. The fourth-order valence-electron chi connectivity index (χ4n) is 5.13. The Morgan fingerprint density at radius 2 is 1.40 bits per heavy atom. The Morgan fingerprint density at radius 1 is 0.857 bits per heavy atom. The molecule has 2 unspecified atom stereocenters. The molecule has 42 heavy (non-hydrogen) atoms. The molecular weight excluding hydrogens is 538 g/mol. The fourth-order valence-corrected chi connectivity index (χ4v) is 5.13. The Kier molecular flexibility index (Phi) is 23.1. The topological polar surface area (TPSA) is 120 Å². The molecule has 1 fully saturated rings. The van der Waals surface area contributed by atoms with Crippen molar-refractivity contribution >= 4 is 17.8 Å². The van der Waals surface area contributed by atoms with Gasteiger partial charge in [0.2, 0.25) is 5.91 Å². The van der Waals surface area contributed by atoms with Crippen molar-refractivity contribution in [2.75, 3.05) is 19.8 Å². The minimum atomic E-state index is -1.37. The van der Waals surface area contributed by atoms with Crippen molar-refractivity contribution in [1.82, 2.24) is 5.32 Å². The smallest absolute Gasteiger partial charge is 0.430 e. The van der Waals surface area contributed by atoms with E-state index in [2.05, 4.69) is 25.7 Å². The molecule has 1 rings (SSSR count).